The fraction of sp³-hybridized carbons (Fsp3) is 0.333. The van der Waals surface area contributed by atoms with Crippen LogP contribution in [-0.2, 0) is 16.0 Å². The average Bonchev–Trinajstić information content (AvgIpc) is 2.68. The molecule has 2 aromatic rings. The van der Waals surface area contributed by atoms with E-state index in [-0.39, 0.29) is 12.3 Å². The Balaban J connectivity index is 1.78. The Morgan fingerprint density at radius 1 is 1.07 bits per heavy atom. The first-order valence-corrected chi connectivity index (χ1v) is 8.85. The maximum atomic E-state index is 12.1. The topological polar surface area (TPSA) is 76.7 Å². The molecule has 2 amide bonds. The summed E-state index contributed by atoms with van der Waals surface area (Å²) in [5.41, 5.74) is 7.89. The molecule has 0 aliphatic carbocycles. The van der Waals surface area contributed by atoms with Gasteiger partial charge in [-0.2, -0.15) is 0 Å². The summed E-state index contributed by atoms with van der Waals surface area (Å²) in [6.07, 6.45) is 0.0665. The monoisotopic (exact) mass is 370 g/mol. The first kappa shape index (κ1) is 20.3. The van der Waals surface area contributed by atoms with Gasteiger partial charge in [0, 0.05) is 6.42 Å². The number of ether oxygens (including phenoxy) is 2. The molecule has 0 aromatic heterocycles. The average molecular weight is 370 g/mol. The van der Waals surface area contributed by atoms with E-state index in [2.05, 4.69) is 10.9 Å². The lowest BCUT2D eigenvalue weighted by molar-refractivity contribution is -0.132. The van der Waals surface area contributed by atoms with Gasteiger partial charge in [0.2, 0.25) is 5.91 Å². The number of rotatable bonds is 7. The van der Waals surface area contributed by atoms with Crippen molar-refractivity contribution in [1.29, 1.82) is 0 Å². The summed E-state index contributed by atoms with van der Waals surface area (Å²) >= 11 is 0. The number of amides is 2. The fourth-order valence-corrected chi connectivity index (χ4v) is 2.48. The van der Waals surface area contributed by atoms with Crippen LogP contribution in [0.25, 0.3) is 0 Å². The predicted octanol–water partition coefficient (Wildman–Crippen LogP) is 2.86. The van der Waals surface area contributed by atoms with Crippen molar-refractivity contribution in [3.63, 3.8) is 0 Å². The Morgan fingerprint density at radius 2 is 1.81 bits per heavy atom. The normalized spacial score (nSPS) is 11.4. The van der Waals surface area contributed by atoms with E-state index < -0.39 is 12.0 Å². The third-order valence-corrected chi connectivity index (χ3v) is 4.33. The highest BCUT2D eigenvalue weighted by molar-refractivity contribution is 5.84. The molecule has 144 valence electrons. The number of hydrogen-bond donors (Lipinski definition) is 2. The van der Waals surface area contributed by atoms with Gasteiger partial charge in [0.15, 0.2) is 6.10 Å². The van der Waals surface area contributed by atoms with Crippen molar-refractivity contribution in [2.75, 3.05) is 7.11 Å². The molecule has 0 radical (unpaired) electrons. The standard InChI is InChI=1S/C21H26N2O4/c1-14-7-5-10-19(15(14)2)27-16(3)21(25)23-22-20(24)12-11-17-8-6-9-18(13-17)26-4/h5-10,13,16H,11-12H2,1-4H3,(H,22,24)(H,23,25). The largest absolute Gasteiger partial charge is 0.497 e. The molecule has 1 atom stereocenters. The third-order valence-electron chi connectivity index (χ3n) is 4.33. The van der Waals surface area contributed by atoms with Crippen LogP contribution in [0, 0.1) is 13.8 Å². The zero-order valence-electron chi connectivity index (χ0n) is 16.2. The molecule has 0 bridgehead atoms. The Morgan fingerprint density at radius 3 is 2.56 bits per heavy atom. The van der Waals surface area contributed by atoms with Gasteiger partial charge in [-0.1, -0.05) is 24.3 Å². The van der Waals surface area contributed by atoms with Crippen LogP contribution in [-0.4, -0.2) is 25.0 Å². The molecule has 0 saturated heterocycles. The van der Waals surface area contributed by atoms with E-state index in [4.69, 9.17) is 9.47 Å². The Labute approximate surface area is 159 Å². The first-order chi connectivity index (χ1) is 12.9. The molecule has 6 nitrogen and oxygen atoms in total. The highest BCUT2D eigenvalue weighted by Crippen LogP contribution is 2.21. The maximum absolute atomic E-state index is 12.1. The van der Waals surface area contributed by atoms with Crippen LogP contribution < -0.4 is 20.3 Å². The van der Waals surface area contributed by atoms with Crippen LogP contribution in [0.3, 0.4) is 0 Å². The smallest absolute Gasteiger partial charge is 0.279 e. The maximum Gasteiger partial charge on any atom is 0.279 e. The van der Waals surface area contributed by atoms with E-state index in [1.54, 1.807) is 14.0 Å². The Kier molecular flexibility index (Phi) is 7.23. The van der Waals surface area contributed by atoms with Crippen LogP contribution in [0.15, 0.2) is 42.5 Å². The summed E-state index contributed by atoms with van der Waals surface area (Å²) < 4.78 is 10.9. The Bertz CT molecular complexity index is 805. The summed E-state index contributed by atoms with van der Waals surface area (Å²) in [6, 6.07) is 13.2. The van der Waals surface area contributed by atoms with Gasteiger partial charge in [-0.25, -0.2) is 0 Å². The summed E-state index contributed by atoms with van der Waals surface area (Å²) in [6.45, 7) is 5.56. The van der Waals surface area contributed by atoms with Crippen LogP contribution in [0.5, 0.6) is 11.5 Å². The molecular formula is C21H26N2O4. The van der Waals surface area contributed by atoms with Crippen molar-refractivity contribution < 1.29 is 19.1 Å². The highest BCUT2D eigenvalue weighted by Gasteiger charge is 2.16. The van der Waals surface area contributed by atoms with Gasteiger partial charge in [0.05, 0.1) is 7.11 Å². The van der Waals surface area contributed by atoms with Crippen molar-refractivity contribution in [1.82, 2.24) is 10.9 Å². The number of carbonyl (C=O) groups excluding carboxylic acids is 2. The molecule has 0 aliphatic heterocycles. The summed E-state index contributed by atoms with van der Waals surface area (Å²) in [7, 11) is 1.60. The second-order valence-corrected chi connectivity index (χ2v) is 6.35. The molecule has 2 aromatic carbocycles. The fourth-order valence-electron chi connectivity index (χ4n) is 2.48. The minimum atomic E-state index is -0.732. The molecule has 0 heterocycles. The molecule has 2 rings (SSSR count). The number of hydrazine groups is 1. The van der Waals surface area contributed by atoms with E-state index in [0.29, 0.717) is 12.2 Å². The highest BCUT2D eigenvalue weighted by atomic mass is 16.5. The third kappa shape index (κ3) is 6.02. The molecule has 0 saturated carbocycles. The van der Waals surface area contributed by atoms with Gasteiger partial charge in [-0.15, -0.1) is 0 Å². The lowest BCUT2D eigenvalue weighted by Crippen LogP contribution is -2.47. The summed E-state index contributed by atoms with van der Waals surface area (Å²) in [5.74, 6) is 0.719. The van der Waals surface area contributed by atoms with Gasteiger partial charge in [-0.05, 0) is 62.1 Å². The Hall–Kier alpha value is -3.02. The zero-order valence-corrected chi connectivity index (χ0v) is 16.2. The van der Waals surface area contributed by atoms with Gasteiger partial charge in [-0.3, -0.25) is 20.4 Å². The lowest BCUT2D eigenvalue weighted by atomic mass is 10.1. The van der Waals surface area contributed by atoms with E-state index in [9.17, 15) is 9.59 Å². The van der Waals surface area contributed by atoms with E-state index in [0.717, 1.165) is 22.4 Å². The molecule has 0 fully saturated rings. The predicted molar refractivity (Wildman–Crippen MR) is 104 cm³/mol. The van der Waals surface area contributed by atoms with Crippen molar-refractivity contribution in [3.05, 3.63) is 59.2 Å². The van der Waals surface area contributed by atoms with Crippen LogP contribution in [0.4, 0.5) is 0 Å². The molecule has 0 spiro atoms. The van der Waals surface area contributed by atoms with Crippen LogP contribution in [0.1, 0.15) is 30.0 Å². The number of carbonyl (C=O) groups is 2. The minimum Gasteiger partial charge on any atom is -0.497 e. The lowest BCUT2D eigenvalue weighted by Gasteiger charge is -2.17. The minimum absolute atomic E-state index is 0.250. The van der Waals surface area contributed by atoms with Gasteiger partial charge in [0.25, 0.3) is 5.91 Å². The first-order valence-electron chi connectivity index (χ1n) is 8.85. The van der Waals surface area contributed by atoms with E-state index >= 15 is 0 Å². The molecule has 1 unspecified atom stereocenters. The molecular weight excluding hydrogens is 344 g/mol. The van der Waals surface area contributed by atoms with Crippen LogP contribution >= 0.6 is 0 Å². The van der Waals surface area contributed by atoms with Crippen LogP contribution in [0.2, 0.25) is 0 Å². The quantitative estimate of drug-likeness (QED) is 0.735. The van der Waals surface area contributed by atoms with Crippen molar-refractivity contribution in [2.45, 2.75) is 39.7 Å². The molecule has 6 heteroatoms. The number of nitrogens with one attached hydrogen (secondary N) is 2. The second-order valence-electron chi connectivity index (χ2n) is 6.35. The number of aryl methyl sites for hydroxylation is 2. The van der Waals surface area contributed by atoms with Crippen molar-refractivity contribution >= 4 is 11.8 Å². The second kappa shape index (κ2) is 9.62. The van der Waals surface area contributed by atoms with Gasteiger partial charge in [0.1, 0.15) is 11.5 Å². The number of hydrogen-bond acceptors (Lipinski definition) is 4. The van der Waals surface area contributed by atoms with E-state index in [1.165, 1.54) is 0 Å². The van der Waals surface area contributed by atoms with Crippen molar-refractivity contribution in [3.8, 4) is 11.5 Å². The number of benzene rings is 2. The van der Waals surface area contributed by atoms with Crippen molar-refractivity contribution in [2.24, 2.45) is 0 Å². The summed E-state index contributed by atoms with van der Waals surface area (Å²) in [5, 5.41) is 0. The van der Waals surface area contributed by atoms with Gasteiger partial charge < -0.3 is 9.47 Å². The van der Waals surface area contributed by atoms with E-state index in [1.807, 2.05) is 56.3 Å². The SMILES string of the molecule is COc1cccc(CCC(=O)NNC(=O)C(C)Oc2cccc(C)c2C)c1. The summed E-state index contributed by atoms with van der Waals surface area (Å²) in [4.78, 5) is 24.1. The van der Waals surface area contributed by atoms with Gasteiger partial charge >= 0.3 is 0 Å². The molecule has 2 N–H and O–H groups in total. The molecule has 27 heavy (non-hydrogen) atoms. The zero-order chi connectivity index (χ0) is 19.8. The molecule has 0 aliphatic rings. The number of methoxy groups -OCH3 is 1.